The number of esters is 1. The van der Waals surface area contributed by atoms with Crippen molar-refractivity contribution >= 4 is 11.8 Å². The molecule has 86 valence electrons. The van der Waals surface area contributed by atoms with Crippen molar-refractivity contribution in [3.8, 4) is 0 Å². The smallest absolute Gasteiger partial charge is 0.313 e. The van der Waals surface area contributed by atoms with Gasteiger partial charge in [0.15, 0.2) is 0 Å². The summed E-state index contributed by atoms with van der Waals surface area (Å²) in [6.07, 6.45) is 1.29. The average molecular weight is 214 g/mol. The third kappa shape index (κ3) is 3.30. The normalized spacial score (nSPS) is 19.6. The fourth-order valence-corrected chi connectivity index (χ4v) is 1.66. The summed E-state index contributed by atoms with van der Waals surface area (Å²) in [7, 11) is 0. The number of carbonyl (C=O) groups excluding carboxylic acids is 2. The number of Topliss-reactive ketones (excluding diaryl/α,β-unsaturated/α-hetero) is 1. The predicted molar refractivity (Wildman–Crippen MR) is 54.4 cm³/mol. The van der Waals surface area contributed by atoms with Crippen molar-refractivity contribution in [3.63, 3.8) is 0 Å². The van der Waals surface area contributed by atoms with E-state index in [4.69, 9.17) is 9.47 Å². The Morgan fingerprint density at radius 3 is 2.47 bits per heavy atom. The van der Waals surface area contributed by atoms with E-state index in [1.807, 2.05) is 6.92 Å². The second-order valence-electron chi connectivity index (χ2n) is 4.08. The molecule has 4 nitrogen and oxygen atoms in total. The summed E-state index contributed by atoms with van der Waals surface area (Å²) < 4.78 is 9.96. The van der Waals surface area contributed by atoms with Gasteiger partial charge in [-0.05, 0) is 19.8 Å². The van der Waals surface area contributed by atoms with Crippen LogP contribution in [0.15, 0.2) is 0 Å². The highest BCUT2D eigenvalue weighted by Gasteiger charge is 2.35. The Morgan fingerprint density at radius 2 is 1.93 bits per heavy atom. The molecule has 0 spiro atoms. The van der Waals surface area contributed by atoms with E-state index >= 15 is 0 Å². The van der Waals surface area contributed by atoms with Crippen LogP contribution in [0, 0.1) is 5.41 Å². The maximum absolute atomic E-state index is 11.8. The molecule has 0 aromatic heterocycles. The fourth-order valence-electron chi connectivity index (χ4n) is 1.66. The van der Waals surface area contributed by atoms with E-state index in [1.165, 1.54) is 0 Å². The predicted octanol–water partition coefficient (Wildman–Crippen LogP) is 1.33. The molecule has 0 radical (unpaired) electrons. The first-order valence-corrected chi connectivity index (χ1v) is 5.35. The molecule has 1 fully saturated rings. The summed E-state index contributed by atoms with van der Waals surface area (Å²) in [6, 6.07) is 0. The third-order valence-electron chi connectivity index (χ3n) is 2.88. The van der Waals surface area contributed by atoms with Crippen molar-refractivity contribution < 1.29 is 19.1 Å². The van der Waals surface area contributed by atoms with E-state index in [0.717, 1.165) is 0 Å². The van der Waals surface area contributed by atoms with Crippen LogP contribution < -0.4 is 0 Å². The Labute approximate surface area is 89.9 Å². The molecule has 0 bridgehead atoms. The minimum absolute atomic E-state index is 0.0238. The first kappa shape index (κ1) is 12.2. The first-order valence-electron chi connectivity index (χ1n) is 5.35. The summed E-state index contributed by atoms with van der Waals surface area (Å²) in [5.74, 6) is -0.445. The molecule has 0 amide bonds. The molecule has 1 aliphatic rings. The molecule has 0 atom stereocenters. The van der Waals surface area contributed by atoms with Gasteiger partial charge in [-0.3, -0.25) is 9.59 Å². The molecule has 0 saturated carbocycles. The molecule has 0 N–H and O–H groups in total. The van der Waals surface area contributed by atoms with Gasteiger partial charge in [-0.1, -0.05) is 6.92 Å². The van der Waals surface area contributed by atoms with E-state index < -0.39 is 11.4 Å². The summed E-state index contributed by atoms with van der Waals surface area (Å²) in [6.45, 7) is 5.16. The van der Waals surface area contributed by atoms with Gasteiger partial charge < -0.3 is 9.47 Å². The van der Waals surface area contributed by atoms with Crippen LogP contribution in [0.3, 0.4) is 0 Å². The van der Waals surface area contributed by atoms with Crippen molar-refractivity contribution in [2.45, 2.75) is 33.1 Å². The van der Waals surface area contributed by atoms with E-state index in [1.54, 1.807) is 6.92 Å². The monoisotopic (exact) mass is 214 g/mol. The minimum atomic E-state index is -0.421. The summed E-state index contributed by atoms with van der Waals surface area (Å²) in [5.41, 5.74) is -0.398. The van der Waals surface area contributed by atoms with Crippen LogP contribution in [-0.4, -0.2) is 31.6 Å². The highest BCUT2D eigenvalue weighted by atomic mass is 16.5. The van der Waals surface area contributed by atoms with Crippen LogP contribution in [0.5, 0.6) is 0 Å². The maximum atomic E-state index is 11.8. The Bertz CT molecular complexity index is 241. The first-order chi connectivity index (χ1) is 7.08. The van der Waals surface area contributed by atoms with Crippen LogP contribution >= 0.6 is 0 Å². The van der Waals surface area contributed by atoms with Gasteiger partial charge in [0.1, 0.15) is 12.2 Å². The molecule has 4 heteroatoms. The molecule has 0 aromatic rings. The summed E-state index contributed by atoms with van der Waals surface area (Å²) in [4.78, 5) is 23.0. The van der Waals surface area contributed by atoms with Gasteiger partial charge in [0.05, 0.1) is 6.61 Å². The summed E-state index contributed by atoms with van der Waals surface area (Å²) in [5, 5.41) is 0. The lowest BCUT2D eigenvalue weighted by atomic mass is 9.77. The zero-order valence-corrected chi connectivity index (χ0v) is 9.38. The third-order valence-corrected chi connectivity index (χ3v) is 2.88. The number of carbonyl (C=O) groups is 2. The topological polar surface area (TPSA) is 52.6 Å². The van der Waals surface area contributed by atoms with Crippen molar-refractivity contribution in [3.05, 3.63) is 0 Å². The number of rotatable bonds is 4. The zero-order chi connectivity index (χ0) is 11.3. The number of hydrogen-bond donors (Lipinski definition) is 0. The molecule has 1 saturated heterocycles. The Hall–Kier alpha value is -0.900. The molecule has 1 aliphatic heterocycles. The lowest BCUT2D eigenvalue weighted by Crippen LogP contribution is -2.35. The van der Waals surface area contributed by atoms with E-state index in [-0.39, 0.29) is 12.2 Å². The van der Waals surface area contributed by atoms with Gasteiger partial charge in [-0.2, -0.15) is 0 Å². The highest BCUT2D eigenvalue weighted by Crippen LogP contribution is 2.31. The molecule has 0 aliphatic carbocycles. The van der Waals surface area contributed by atoms with E-state index in [0.29, 0.717) is 32.7 Å². The lowest BCUT2D eigenvalue weighted by Gasteiger charge is -2.31. The van der Waals surface area contributed by atoms with Crippen molar-refractivity contribution in [2.24, 2.45) is 5.41 Å². The summed E-state index contributed by atoms with van der Waals surface area (Å²) >= 11 is 0. The second kappa shape index (κ2) is 5.26. The van der Waals surface area contributed by atoms with Crippen LogP contribution in [-0.2, 0) is 19.1 Å². The number of ketones is 1. The van der Waals surface area contributed by atoms with Gasteiger partial charge in [-0.25, -0.2) is 0 Å². The molecular weight excluding hydrogens is 196 g/mol. The lowest BCUT2D eigenvalue weighted by molar-refractivity contribution is -0.149. The largest absolute Gasteiger partial charge is 0.466 e. The molecule has 15 heavy (non-hydrogen) atoms. The molecule has 0 unspecified atom stereocenters. The van der Waals surface area contributed by atoms with Crippen LogP contribution in [0.1, 0.15) is 33.1 Å². The average Bonchev–Trinajstić information content (AvgIpc) is 2.19. The highest BCUT2D eigenvalue weighted by molar-refractivity contribution is 5.98. The van der Waals surface area contributed by atoms with Crippen LogP contribution in [0.25, 0.3) is 0 Å². The van der Waals surface area contributed by atoms with Crippen molar-refractivity contribution in [1.29, 1.82) is 0 Å². The Kier molecular flexibility index (Phi) is 4.27. The fraction of sp³-hybridized carbons (Fsp3) is 0.818. The van der Waals surface area contributed by atoms with Gasteiger partial charge in [0.25, 0.3) is 0 Å². The molecule has 0 aromatic carbocycles. The molecular formula is C11H18O4. The quantitative estimate of drug-likeness (QED) is 0.523. The zero-order valence-electron chi connectivity index (χ0n) is 9.38. The van der Waals surface area contributed by atoms with Crippen molar-refractivity contribution in [1.82, 2.24) is 0 Å². The van der Waals surface area contributed by atoms with Crippen LogP contribution in [0.2, 0.25) is 0 Å². The van der Waals surface area contributed by atoms with Gasteiger partial charge >= 0.3 is 5.97 Å². The second-order valence-corrected chi connectivity index (χ2v) is 4.08. The SMILES string of the molecule is CCOC(=O)CC(=O)C1(C)CCOCC1. The van der Waals surface area contributed by atoms with E-state index in [9.17, 15) is 9.59 Å². The number of hydrogen-bond acceptors (Lipinski definition) is 4. The standard InChI is InChI=1S/C11H18O4/c1-3-15-10(13)8-9(12)11(2)4-6-14-7-5-11/h3-8H2,1-2H3. The Balaban J connectivity index is 2.47. The molecule has 1 rings (SSSR count). The van der Waals surface area contributed by atoms with Crippen LogP contribution in [0.4, 0.5) is 0 Å². The minimum Gasteiger partial charge on any atom is -0.466 e. The maximum Gasteiger partial charge on any atom is 0.313 e. The molecule has 1 heterocycles. The number of ether oxygens (including phenoxy) is 2. The Morgan fingerprint density at radius 1 is 1.33 bits per heavy atom. The van der Waals surface area contributed by atoms with Crippen molar-refractivity contribution in [2.75, 3.05) is 19.8 Å². The van der Waals surface area contributed by atoms with Gasteiger partial charge in [0.2, 0.25) is 0 Å². The van der Waals surface area contributed by atoms with Gasteiger partial charge in [-0.15, -0.1) is 0 Å². The van der Waals surface area contributed by atoms with E-state index in [2.05, 4.69) is 0 Å². The van der Waals surface area contributed by atoms with Gasteiger partial charge in [0, 0.05) is 18.6 Å².